The molecule has 0 aliphatic carbocycles. The summed E-state index contributed by atoms with van der Waals surface area (Å²) in [5.41, 5.74) is 4.03. The van der Waals surface area contributed by atoms with Crippen LogP contribution in [0.2, 0.25) is 0 Å². The van der Waals surface area contributed by atoms with Crippen LogP contribution in [-0.4, -0.2) is 4.57 Å². The Balaban J connectivity index is 2.53. The van der Waals surface area contributed by atoms with Gasteiger partial charge in [-0.1, -0.05) is 24.6 Å². The van der Waals surface area contributed by atoms with Crippen LogP contribution in [0.25, 0.3) is 5.69 Å². The molecule has 2 aromatic rings. The lowest BCUT2D eigenvalue weighted by molar-refractivity contribution is 1.01. The summed E-state index contributed by atoms with van der Waals surface area (Å²) in [6.07, 6.45) is 5.25. The van der Waals surface area contributed by atoms with E-state index in [1.165, 1.54) is 16.8 Å². The molecule has 0 radical (unpaired) electrons. The molecule has 0 atom stereocenters. The molecule has 1 heterocycles. The standard InChI is InChI=1S/C13H15N/c1-3-12-10-11(2)6-7-13(12)14-8-4-5-9-14/h4-10H,3H2,1-2H3. The number of aromatic nitrogens is 1. The van der Waals surface area contributed by atoms with Crippen LogP contribution in [0.15, 0.2) is 42.7 Å². The highest BCUT2D eigenvalue weighted by atomic mass is 14.9. The van der Waals surface area contributed by atoms with Crippen molar-refractivity contribution in [1.29, 1.82) is 0 Å². The predicted octanol–water partition coefficient (Wildman–Crippen LogP) is 3.35. The molecule has 0 spiro atoms. The third kappa shape index (κ3) is 1.58. The van der Waals surface area contributed by atoms with Crippen LogP contribution < -0.4 is 0 Å². The summed E-state index contributed by atoms with van der Waals surface area (Å²) in [6, 6.07) is 10.7. The third-order valence-electron chi connectivity index (χ3n) is 2.50. The lowest BCUT2D eigenvalue weighted by Gasteiger charge is -2.09. The molecule has 0 bridgehead atoms. The Labute approximate surface area is 85.0 Å². The largest absolute Gasteiger partial charge is 0.324 e. The highest BCUT2D eigenvalue weighted by Gasteiger charge is 2.01. The molecule has 1 heteroatoms. The van der Waals surface area contributed by atoms with Crippen molar-refractivity contribution in [2.75, 3.05) is 0 Å². The second kappa shape index (κ2) is 3.70. The number of hydrogen-bond acceptors (Lipinski definition) is 0. The number of rotatable bonds is 2. The molecule has 0 aliphatic rings. The average Bonchev–Trinajstić information content (AvgIpc) is 2.70. The predicted molar refractivity (Wildman–Crippen MR) is 59.9 cm³/mol. The van der Waals surface area contributed by atoms with E-state index in [1.807, 2.05) is 0 Å². The number of benzene rings is 1. The zero-order valence-electron chi connectivity index (χ0n) is 8.70. The quantitative estimate of drug-likeness (QED) is 0.676. The fourth-order valence-corrected chi connectivity index (χ4v) is 1.74. The van der Waals surface area contributed by atoms with Gasteiger partial charge in [-0.2, -0.15) is 0 Å². The van der Waals surface area contributed by atoms with Crippen LogP contribution >= 0.6 is 0 Å². The van der Waals surface area contributed by atoms with Gasteiger partial charge in [-0.15, -0.1) is 0 Å². The van der Waals surface area contributed by atoms with Crippen LogP contribution in [0, 0.1) is 6.92 Å². The third-order valence-corrected chi connectivity index (χ3v) is 2.50. The monoisotopic (exact) mass is 185 g/mol. The van der Waals surface area contributed by atoms with E-state index in [0.717, 1.165) is 6.42 Å². The Kier molecular flexibility index (Phi) is 2.40. The molecule has 0 saturated heterocycles. The second-order valence-corrected chi connectivity index (χ2v) is 3.58. The molecule has 14 heavy (non-hydrogen) atoms. The summed E-state index contributed by atoms with van der Waals surface area (Å²) in [4.78, 5) is 0. The highest BCUT2D eigenvalue weighted by Crippen LogP contribution is 2.17. The summed E-state index contributed by atoms with van der Waals surface area (Å²) >= 11 is 0. The second-order valence-electron chi connectivity index (χ2n) is 3.58. The molecule has 72 valence electrons. The van der Waals surface area contributed by atoms with E-state index in [2.05, 4.69) is 61.1 Å². The molecular weight excluding hydrogens is 170 g/mol. The van der Waals surface area contributed by atoms with Gasteiger partial charge in [0.05, 0.1) is 0 Å². The van der Waals surface area contributed by atoms with Crippen molar-refractivity contribution in [1.82, 2.24) is 4.57 Å². The Morgan fingerprint density at radius 2 is 1.86 bits per heavy atom. The maximum Gasteiger partial charge on any atom is 0.0481 e. The highest BCUT2D eigenvalue weighted by molar-refractivity contribution is 5.43. The molecule has 2 rings (SSSR count). The molecule has 0 fully saturated rings. The number of nitrogens with zero attached hydrogens (tertiary/aromatic N) is 1. The van der Waals surface area contributed by atoms with E-state index in [0.29, 0.717) is 0 Å². The Bertz CT molecular complexity index is 413. The summed E-state index contributed by atoms with van der Waals surface area (Å²) < 4.78 is 2.16. The molecule has 1 aromatic carbocycles. The minimum Gasteiger partial charge on any atom is -0.324 e. The fraction of sp³-hybridized carbons (Fsp3) is 0.231. The van der Waals surface area contributed by atoms with Crippen molar-refractivity contribution in [3.8, 4) is 5.69 Å². The normalized spacial score (nSPS) is 10.4. The van der Waals surface area contributed by atoms with Crippen LogP contribution in [0.3, 0.4) is 0 Å². The Morgan fingerprint density at radius 1 is 1.14 bits per heavy atom. The van der Waals surface area contributed by atoms with Gasteiger partial charge in [0.1, 0.15) is 0 Å². The van der Waals surface area contributed by atoms with Crippen molar-refractivity contribution in [2.24, 2.45) is 0 Å². The molecule has 1 aromatic heterocycles. The van der Waals surface area contributed by atoms with Crippen LogP contribution in [0.5, 0.6) is 0 Å². The van der Waals surface area contributed by atoms with E-state index in [4.69, 9.17) is 0 Å². The van der Waals surface area contributed by atoms with E-state index >= 15 is 0 Å². The fourth-order valence-electron chi connectivity index (χ4n) is 1.74. The number of aryl methyl sites for hydroxylation is 2. The van der Waals surface area contributed by atoms with Crippen LogP contribution in [0.4, 0.5) is 0 Å². The first-order valence-electron chi connectivity index (χ1n) is 5.04. The van der Waals surface area contributed by atoms with Gasteiger partial charge in [0.2, 0.25) is 0 Å². The maximum atomic E-state index is 2.26. The van der Waals surface area contributed by atoms with Gasteiger partial charge in [0, 0.05) is 18.1 Å². The first-order valence-corrected chi connectivity index (χ1v) is 5.04. The van der Waals surface area contributed by atoms with Gasteiger partial charge in [0.25, 0.3) is 0 Å². The molecule has 0 aliphatic heterocycles. The molecule has 0 unspecified atom stereocenters. The van der Waals surface area contributed by atoms with Crippen LogP contribution in [-0.2, 0) is 6.42 Å². The molecule has 0 N–H and O–H groups in total. The lowest BCUT2D eigenvalue weighted by atomic mass is 10.1. The van der Waals surface area contributed by atoms with Gasteiger partial charge in [-0.3, -0.25) is 0 Å². The SMILES string of the molecule is CCc1cc(C)ccc1-n1cccc1. The molecule has 0 amide bonds. The van der Waals surface area contributed by atoms with Gasteiger partial charge in [-0.05, 0) is 37.1 Å². The maximum absolute atomic E-state index is 2.26. The molecule has 0 saturated carbocycles. The van der Waals surface area contributed by atoms with Gasteiger partial charge in [-0.25, -0.2) is 0 Å². The molecular formula is C13H15N. The van der Waals surface area contributed by atoms with E-state index in [1.54, 1.807) is 0 Å². The van der Waals surface area contributed by atoms with Crippen molar-refractivity contribution in [2.45, 2.75) is 20.3 Å². The van der Waals surface area contributed by atoms with Crippen LogP contribution in [0.1, 0.15) is 18.1 Å². The Morgan fingerprint density at radius 3 is 2.50 bits per heavy atom. The van der Waals surface area contributed by atoms with Gasteiger partial charge < -0.3 is 4.57 Å². The zero-order chi connectivity index (χ0) is 9.97. The van der Waals surface area contributed by atoms with E-state index < -0.39 is 0 Å². The van der Waals surface area contributed by atoms with Crippen molar-refractivity contribution < 1.29 is 0 Å². The topological polar surface area (TPSA) is 4.93 Å². The number of hydrogen-bond donors (Lipinski definition) is 0. The Hall–Kier alpha value is -1.50. The summed E-state index contributed by atoms with van der Waals surface area (Å²) in [6.45, 7) is 4.33. The summed E-state index contributed by atoms with van der Waals surface area (Å²) in [5, 5.41) is 0. The lowest BCUT2D eigenvalue weighted by Crippen LogP contribution is -1.96. The van der Waals surface area contributed by atoms with Crippen molar-refractivity contribution >= 4 is 0 Å². The minimum atomic E-state index is 1.08. The summed E-state index contributed by atoms with van der Waals surface area (Å²) in [5.74, 6) is 0. The van der Waals surface area contributed by atoms with Crippen molar-refractivity contribution in [3.05, 3.63) is 53.9 Å². The van der Waals surface area contributed by atoms with Crippen molar-refractivity contribution in [3.63, 3.8) is 0 Å². The first-order chi connectivity index (χ1) is 6.81. The van der Waals surface area contributed by atoms with Gasteiger partial charge >= 0.3 is 0 Å². The minimum absolute atomic E-state index is 1.08. The van der Waals surface area contributed by atoms with Gasteiger partial charge in [0.15, 0.2) is 0 Å². The smallest absolute Gasteiger partial charge is 0.0481 e. The first kappa shape index (κ1) is 9.07. The molecule has 1 nitrogen and oxygen atoms in total. The van der Waals surface area contributed by atoms with E-state index in [9.17, 15) is 0 Å². The summed E-state index contributed by atoms with van der Waals surface area (Å²) in [7, 11) is 0. The average molecular weight is 185 g/mol. The van der Waals surface area contributed by atoms with E-state index in [-0.39, 0.29) is 0 Å². The zero-order valence-corrected chi connectivity index (χ0v) is 8.70.